The van der Waals surface area contributed by atoms with Crippen LogP contribution in [0.3, 0.4) is 0 Å². The molecular formula is C12H22N4. The molecule has 4 heteroatoms. The van der Waals surface area contributed by atoms with Gasteiger partial charge in [0.05, 0.1) is 0 Å². The number of nitrogens with one attached hydrogen (secondary N) is 2. The molecule has 0 bridgehead atoms. The Labute approximate surface area is 97.9 Å². The Morgan fingerprint density at radius 1 is 1.38 bits per heavy atom. The summed E-state index contributed by atoms with van der Waals surface area (Å²) >= 11 is 0. The standard InChI is InChI=1S/C12H22N4/c1-5-13-7-11-8-15-12(16-10(11)4)14-6-9(2)3/h8-9,13H,5-7H2,1-4H3,(H,14,15,16). The lowest BCUT2D eigenvalue weighted by molar-refractivity contribution is 0.682. The lowest BCUT2D eigenvalue weighted by atomic mass is 10.2. The lowest BCUT2D eigenvalue weighted by Gasteiger charge is -2.10. The number of aryl methyl sites for hydroxylation is 1. The molecule has 0 amide bonds. The topological polar surface area (TPSA) is 49.8 Å². The molecule has 1 heterocycles. The van der Waals surface area contributed by atoms with Crippen molar-refractivity contribution in [3.8, 4) is 0 Å². The molecule has 1 aromatic heterocycles. The van der Waals surface area contributed by atoms with E-state index in [-0.39, 0.29) is 0 Å². The van der Waals surface area contributed by atoms with Gasteiger partial charge in [-0.3, -0.25) is 0 Å². The first-order valence-electron chi connectivity index (χ1n) is 5.90. The third-order valence-corrected chi connectivity index (χ3v) is 2.31. The van der Waals surface area contributed by atoms with Gasteiger partial charge >= 0.3 is 0 Å². The summed E-state index contributed by atoms with van der Waals surface area (Å²) in [5.41, 5.74) is 2.21. The maximum Gasteiger partial charge on any atom is 0.222 e. The van der Waals surface area contributed by atoms with Crippen LogP contribution in [0, 0.1) is 12.8 Å². The van der Waals surface area contributed by atoms with E-state index in [1.807, 2.05) is 13.1 Å². The third-order valence-electron chi connectivity index (χ3n) is 2.31. The molecule has 0 aliphatic heterocycles. The fourth-order valence-corrected chi connectivity index (χ4v) is 1.31. The average Bonchev–Trinajstić information content (AvgIpc) is 2.25. The molecule has 4 nitrogen and oxygen atoms in total. The van der Waals surface area contributed by atoms with Gasteiger partial charge in [-0.05, 0) is 19.4 Å². The Bertz CT molecular complexity index is 323. The van der Waals surface area contributed by atoms with Crippen molar-refractivity contribution in [1.29, 1.82) is 0 Å². The molecule has 0 aliphatic rings. The van der Waals surface area contributed by atoms with E-state index in [0.29, 0.717) is 5.92 Å². The quantitative estimate of drug-likeness (QED) is 0.772. The fourth-order valence-electron chi connectivity index (χ4n) is 1.31. The molecule has 2 N–H and O–H groups in total. The molecule has 0 saturated heterocycles. The molecule has 1 rings (SSSR count). The number of nitrogens with zero attached hydrogens (tertiary/aromatic N) is 2. The van der Waals surface area contributed by atoms with Gasteiger partial charge in [-0.15, -0.1) is 0 Å². The Morgan fingerprint density at radius 2 is 2.12 bits per heavy atom. The van der Waals surface area contributed by atoms with Gasteiger partial charge in [0, 0.05) is 30.5 Å². The van der Waals surface area contributed by atoms with Crippen LogP contribution in [-0.4, -0.2) is 23.1 Å². The van der Waals surface area contributed by atoms with Gasteiger partial charge in [0.2, 0.25) is 5.95 Å². The monoisotopic (exact) mass is 222 g/mol. The lowest BCUT2D eigenvalue weighted by Crippen LogP contribution is -2.15. The molecule has 0 spiro atoms. The van der Waals surface area contributed by atoms with Crippen molar-refractivity contribution in [2.24, 2.45) is 5.92 Å². The van der Waals surface area contributed by atoms with E-state index in [9.17, 15) is 0 Å². The van der Waals surface area contributed by atoms with Crippen molar-refractivity contribution in [2.75, 3.05) is 18.4 Å². The summed E-state index contributed by atoms with van der Waals surface area (Å²) in [6.45, 7) is 11.2. The van der Waals surface area contributed by atoms with Crippen molar-refractivity contribution < 1.29 is 0 Å². The van der Waals surface area contributed by atoms with Crippen LogP contribution in [0.1, 0.15) is 32.0 Å². The van der Waals surface area contributed by atoms with Crippen LogP contribution in [0.4, 0.5) is 5.95 Å². The summed E-state index contributed by atoms with van der Waals surface area (Å²) in [4.78, 5) is 8.74. The number of aromatic nitrogens is 2. The first-order valence-corrected chi connectivity index (χ1v) is 5.90. The average molecular weight is 222 g/mol. The van der Waals surface area contributed by atoms with Crippen molar-refractivity contribution in [3.05, 3.63) is 17.5 Å². The summed E-state index contributed by atoms with van der Waals surface area (Å²) in [6.07, 6.45) is 1.90. The van der Waals surface area contributed by atoms with Gasteiger partial charge in [0.25, 0.3) is 0 Å². The number of rotatable bonds is 6. The van der Waals surface area contributed by atoms with Gasteiger partial charge in [-0.25, -0.2) is 9.97 Å². The largest absolute Gasteiger partial charge is 0.354 e. The number of anilines is 1. The van der Waals surface area contributed by atoms with Gasteiger partial charge in [0.1, 0.15) is 0 Å². The van der Waals surface area contributed by atoms with Crippen LogP contribution in [0.5, 0.6) is 0 Å². The summed E-state index contributed by atoms with van der Waals surface area (Å²) in [5, 5.41) is 6.50. The molecular weight excluding hydrogens is 200 g/mol. The minimum atomic E-state index is 0.602. The Balaban J connectivity index is 2.59. The molecule has 1 aromatic rings. The Morgan fingerprint density at radius 3 is 2.69 bits per heavy atom. The maximum atomic E-state index is 4.44. The third kappa shape index (κ3) is 4.14. The Kier molecular flexibility index (Phi) is 5.19. The molecule has 0 aromatic carbocycles. The second-order valence-electron chi connectivity index (χ2n) is 4.36. The van der Waals surface area contributed by atoms with E-state index < -0.39 is 0 Å². The van der Waals surface area contributed by atoms with Crippen molar-refractivity contribution in [2.45, 2.75) is 34.2 Å². The number of hydrogen-bond acceptors (Lipinski definition) is 4. The molecule has 16 heavy (non-hydrogen) atoms. The van der Waals surface area contributed by atoms with Crippen LogP contribution in [-0.2, 0) is 6.54 Å². The smallest absolute Gasteiger partial charge is 0.222 e. The highest BCUT2D eigenvalue weighted by Gasteiger charge is 2.03. The zero-order valence-corrected chi connectivity index (χ0v) is 10.7. The SMILES string of the molecule is CCNCc1cnc(NCC(C)C)nc1C. The second kappa shape index (κ2) is 6.43. The molecule has 0 unspecified atom stereocenters. The van der Waals surface area contributed by atoms with Crippen LogP contribution >= 0.6 is 0 Å². The Hall–Kier alpha value is -1.16. The first-order chi connectivity index (χ1) is 7.63. The van der Waals surface area contributed by atoms with Gasteiger partial charge in [-0.1, -0.05) is 20.8 Å². The molecule has 0 atom stereocenters. The zero-order valence-electron chi connectivity index (χ0n) is 10.7. The maximum absolute atomic E-state index is 4.44. The van der Waals surface area contributed by atoms with E-state index in [4.69, 9.17) is 0 Å². The highest BCUT2D eigenvalue weighted by atomic mass is 15.1. The highest BCUT2D eigenvalue weighted by molar-refractivity contribution is 5.29. The minimum Gasteiger partial charge on any atom is -0.354 e. The fraction of sp³-hybridized carbons (Fsp3) is 0.667. The summed E-state index contributed by atoms with van der Waals surface area (Å²) < 4.78 is 0. The van der Waals surface area contributed by atoms with E-state index in [1.54, 1.807) is 0 Å². The molecule has 90 valence electrons. The number of hydrogen-bond donors (Lipinski definition) is 2. The molecule has 0 fully saturated rings. The summed E-state index contributed by atoms with van der Waals surface area (Å²) in [5.74, 6) is 1.33. The first kappa shape index (κ1) is 12.9. The van der Waals surface area contributed by atoms with Crippen LogP contribution in [0.15, 0.2) is 6.20 Å². The highest BCUT2D eigenvalue weighted by Crippen LogP contribution is 2.07. The minimum absolute atomic E-state index is 0.602. The predicted octanol–water partition coefficient (Wildman–Crippen LogP) is 1.96. The molecule has 0 aliphatic carbocycles. The van der Waals surface area contributed by atoms with E-state index in [2.05, 4.69) is 41.4 Å². The van der Waals surface area contributed by atoms with Gasteiger partial charge < -0.3 is 10.6 Å². The van der Waals surface area contributed by atoms with Crippen LogP contribution in [0.2, 0.25) is 0 Å². The van der Waals surface area contributed by atoms with Gasteiger partial charge in [0.15, 0.2) is 0 Å². The van der Waals surface area contributed by atoms with Crippen LogP contribution < -0.4 is 10.6 Å². The van der Waals surface area contributed by atoms with E-state index >= 15 is 0 Å². The predicted molar refractivity (Wildman–Crippen MR) is 67.5 cm³/mol. The van der Waals surface area contributed by atoms with Crippen molar-refractivity contribution >= 4 is 5.95 Å². The molecule has 0 radical (unpaired) electrons. The van der Waals surface area contributed by atoms with Crippen molar-refractivity contribution in [3.63, 3.8) is 0 Å². The molecule has 0 saturated carbocycles. The van der Waals surface area contributed by atoms with E-state index in [1.165, 1.54) is 0 Å². The second-order valence-corrected chi connectivity index (χ2v) is 4.36. The summed E-state index contributed by atoms with van der Waals surface area (Å²) in [7, 11) is 0. The zero-order chi connectivity index (χ0) is 12.0. The van der Waals surface area contributed by atoms with E-state index in [0.717, 1.165) is 36.8 Å². The van der Waals surface area contributed by atoms with Crippen LogP contribution in [0.25, 0.3) is 0 Å². The summed E-state index contributed by atoms with van der Waals surface area (Å²) in [6, 6.07) is 0. The normalized spacial score (nSPS) is 10.8. The van der Waals surface area contributed by atoms with Crippen molar-refractivity contribution in [1.82, 2.24) is 15.3 Å². The van der Waals surface area contributed by atoms with Gasteiger partial charge in [-0.2, -0.15) is 0 Å².